The molecule has 160 valence electrons. The van der Waals surface area contributed by atoms with Crippen molar-refractivity contribution in [3.05, 3.63) is 0 Å². The van der Waals surface area contributed by atoms with Gasteiger partial charge in [0, 0.05) is 25.0 Å². The summed E-state index contributed by atoms with van der Waals surface area (Å²) in [6.07, 6.45) is 19.2. The fourth-order valence-corrected chi connectivity index (χ4v) is 2.74. The molecule has 8 heteroatoms. The van der Waals surface area contributed by atoms with Crippen LogP contribution in [-0.4, -0.2) is 42.8 Å². The zero-order valence-electron chi connectivity index (χ0n) is 19.7. The fraction of sp³-hybridized carbons (Fsp3) is 0.857. The number of carbonyl (C=O) groups is 2. The van der Waals surface area contributed by atoms with Gasteiger partial charge in [-0.15, -0.1) is 0 Å². The molecule has 0 spiro atoms. The number of nitrogens with zero attached hydrogens (tertiary/aromatic N) is 2. The van der Waals surface area contributed by atoms with E-state index in [1.807, 2.05) is 6.34 Å². The van der Waals surface area contributed by atoms with E-state index in [2.05, 4.69) is 16.8 Å². The summed E-state index contributed by atoms with van der Waals surface area (Å²) in [5.41, 5.74) is 0. The third-order valence-electron chi connectivity index (χ3n) is 4.06. The standard InChI is InChI=1S/C17H34N2.2C2H4O2.2Na/c1-2-3-4-5-6-7-8-9-10-11-12-13-15-19-16-14-18-17-19;2*1-2(3)4;;/h17H,2-16H2,1H3;2*1H3,(H,3,4);;/q;;;2*+1/p-2. The zero-order valence-corrected chi connectivity index (χ0v) is 23.7. The number of aliphatic carboxylic acids is 2. The maximum atomic E-state index is 8.89. The van der Waals surface area contributed by atoms with Crippen LogP contribution >= 0.6 is 0 Å². The van der Waals surface area contributed by atoms with Crippen LogP contribution in [0.5, 0.6) is 0 Å². The van der Waals surface area contributed by atoms with Gasteiger partial charge in [-0.05, 0) is 20.3 Å². The first-order chi connectivity index (χ1) is 12.9. The van der Waals surface area contributed by atoms with E-state index >= 15 is 0 Å². The van der Waals surface area contributed by atoms with Crippen LogP contribution in [0.25, 0.3) is 0 Å². The largest absolute Gasteiger partial charge is 1.00 e. The van der Waals surface area contributed by atoms with E-state index in [0.29, 0.717) is 0 Å². The van der Waals surface area contributed by atoms with Gasteiger partial charge in [0.05, 0.1) is 12.9 Å². The summed E-state index contributed by atoms with van der Waals surface area (Å²) in [6.45, 7) is 7.62. The molecule has 0 aromatic heterocycles. The predicted octanol–water partition coefficient (Wildman–Crippen LogP) is -3.45. The summed E-state index contributed by atoms with van der Waals surface area (Å²) in [7, 11) is 0. The van der Waals surface area contributed by atoms with Gasteiger partial charge in [0.15, 0.2) is 0 Å². The van der Waals surface area contributed by atoms with Gasteiger partial charge in [-0.1, -0.05) is 77.6 Å². The van der Waals surface area contributed by atoms with Crippen molar-refractivity contribution in [2.24, 2.45) is 4.99 Å². The van der Waals surface area contributed by atoms with Crippen molar-refractivity contribution in [1.29, 1.82) is 0 Å². The molecule has 0 unspecified atom stereocenters. The summed E-state index contributed by atoms with van der Waals surface area (Å²) >= 11 is 0. The van der Waals surface area contributed by atoms with Crippen LogP contribution in [0.15, 0.2) is 4.99 Å². The Morgan fingerprint density at radius 2 is 1.14 bits per heavy atom. The molecule has 0 radical (unpaired) electrons. The molecule has 0 aromatic rings. The molecule has 0 saturated heterocycles. The molecule has 29 heavy (non-hydrogen) atoms. The Kier molecular flexibility index (Phi) is 38.8. The molecule has 0 atom stereocenters. The fourth-order valence-electron chi connectivity index (χ4n) is 2.74. The van der Waals surface area contributed by atoms with Crippen molar-refractivity contribution in [3.63, 3.8) is 0 Å². The minimum absolute atomic E-state index is 0. The van der Waals surface area contributed by atoms with Gasteiger partial charge < -0.3 is 24.7 Å². The van der Waals surface area contributed by atoms with E-state index in [1.54, 1.807) is 0 Å². The van der Waals surface area contributed by atoms with Crippen LogP contribution in [0.4, 0.5) is 0 Å². The van der Waals surface area contributed by atoms with Crippen LogP contribution in [0.2, 0.25) is 0 Å². The second-order valence-corrected chi connectivity index (χ2v) is 6.93. The molecular formula is C21H40N2Na2O4. The molecule has 0 saturated carbocycles. The van der Waals surface area contributed by atoms with E-state index in [1.165, 1.54) is 83.6 Å². The Morgan fingerprint density at radius 1 is 0.793 bits per heavy atom. The second-order valence-electron chi connectivity index (χ2n) is 6.93. The molecule has 6 nitrogen and oxygen atoms in total. The van der Waals surface area contributed by atoms with Gasteiger partial charge >= 0.3 is 59.1 Å². The molecule has 0 aliphatic carbocycles. The molecule has 0 N–H and O–H groups in total. The number of carbonyl (C=O) groups excluding carboxylic acids is 2. The summed E-state index contributed by atoms with van der Waals surface area (Å²) < 4.78 is 0. The average molecular weight is 431 g/mol. The molecule has 0 aromatic carbocycles. The summed E-state index contributed by atoms with van der Waals surface area (Å²) in [5, 5.41) is 17.8. The van der Waals surface area contributed by atoms with Gasteiger partial charge in [-0.25, -0.2) is 0 Å². The predicted molar refractivity (Wildman–Crippen MR) is 107 cm³/mol. The second kappa shape index (κ2) is 30.6. The van der Waals surface area contributed by atoms with E-state index in [0.717, 1.165) is 26.9 Å². The summed E-state index contributed by atoms with van der Waals surface area (Å²) in [5.74, 6) is -2.17. The van der Waals surface area contributed by atoms with Crippen molar-refractivity contribution in [2.75, 3.05) is 19.6 Å². The topological polar surface area (TPSA) is 95.9 Å². The molecule has 0 fully saturated rings. The molecule has 1 aliphatic rings. The molecule has 0 amide bonds. The number of unbranched alkanes of at least 4 members (excludes halogenated alkanes) is 11. The van der Waals surface area contributed by atoms with E-state index < -0.39 is 11.9 Å². The molecular weight excluding hydrogens is 390 g/mol. The van der Waals surface area contributed by atoms with Crippen LogP contribution in [0, 0.1) is 0 Å². The molecule has 1 heterocycles. The van der Waals surface area contributed by atoms with Crippen molar-refractivity contribution < 1.29 is 78.9 Å². The number of carboxylic acid groups (broad SMARTS) is 2. The summed E-state index contributed by atoms with van der Waals surface area (Å²) in [4.78, 5) is 24.4. The number of hydrogen-bond donors (Lipinski definition) is 0. The van der Waals surface area contributed by atoms with Gasteiger partial charge in [-0.3, -0.25) is 4.99 Å². The van der Waals surface area contributed by atoms with Crippen LogP contribution < -0.4 is 69.3 Å². The smallest absolute Gasteiger partial charge is 0.550 e. The first-order valence-electron chi connectivity index (χ1n) is 10.5. The molecule has 1 aliphatic heterocycles. The number of carboxylic acids is 2. The maximum absolute atomic E-state index is 8.89. The van der Waals surface area contributed by atoms with E-state index in [4.69, 9.17) is 19.8 Å². The number of aliphatic imine (C=N–C) groups is 1. The SMILES string of the molecule is CC(=O)[O-].CC(=O)[O-].CCCCCCCCCCCCCCN1C=NCC1.[Na+].[Na+]. The minimum atomic E-state index is -1.08. The third kappa shape index (κ3) is 43.2. The third-order valence-corrected chi connectivity index (χ3v) is 4.06. The van der Waals surface area contributed by atoms with Crippen molar-refractivity contribution in [1.82, 2.24) is 4.90 Å². The summed E-state index contributed by atoms with van der Waals surface area (Å²) in [6, 6.07) is 0. The quantitative estimate of drug-likeness (QED) is 0.224. The van der Waals surface area contributed by atoms with Crippen LogP contribution in [0.3, 0.4) is 0 Å². The number of rotatable bonds is 13. The van der Waals surface area contributed by atoms with Crippen LogP contribution in [-0.2, 0) is 9.59 Å². The first kappa shape index (κ1) is 36.8. The molecule has 1 rings (SSSR count). The van der Waals surface area contributed by atoms with Crippen LogP contribution in [0.1, 0.15) is 97.8 Å². The maximum Gasteiger partial charge on any atom is 1.00 e. The van der Waals surface area contributed by atoms with Crippen molar-refractivity contribution >= 4 is 18.3 Å². The average Bonchev–Trinajstić information content (AvgIpc) is 3.08. The Labute approximate surface area is 222 Å². The van der Waals surface area contributed by atoms with Crippen molar-refractivity contribution in [3.8, 4) is 0 Å². The van der Waals surface area contributed by atoms with Gasteiger partial charge in [0.1, 0.15) is 0 Å². The normalized spacial score (nSPS) is 11.2. The van der Waals surface area contributed by atoms with Gasteiger partial charge in [0.2, 0.25) is 0 Å². The van der Waals surface area contributed by atoms with E-state index in [-0.39, 0.29) is 59.1 Å². The minimum Gasteiger partial charge on any atom is -0.550 e. The Balaban J connectivity index is -0.000000267. The van der Waals surface area contributed by atoms with E-state index in [9.17, 15) is 0 Å². The zero-order chi connectivity index (χ0) is 20.8. The Morgan fingerprint density at radius 3 is 1.45 bits per heavy atom. The van der Waals surface area contributed by atoms with Crippen molar-refractivity contribution in [2.45, 2.75) is 97.8 Å². The van der Waals surface area contributed by atoms with Gasteiger partial charge in [0.25, 0.3) is 0 Å². The monoisotopic (exact) mass is 430 g/mol. The number of hydrogen-bond acceptors (Lipinski definition) is 6. The molecule has 0 bridgehead atoms. The Bertz CT molecular complexity index is 364. The van der Waals surface area contributed by atoms with Gasteiger partial charge in [-0.2, -0.15) is 0 Å². The first-order valence-corrected chi connectivity index (χ1v) is 10.5. The Hall–Kier alpha value is 0.410.